The molecule has 2 rings (SSSR count). The molecule has 0 aliphatic carbocycles. The lowest BCUT2D eigenvalue weighted by Crippen LogP contribution is -2.42. The zero-order valence-corrected chi connectivity index (χ0v) is 12.9. The molecule has 0 bridgehead atoms. The van der Waals surface area contributed by atoms with Crippen LogP contribution < -0.4 is 0 Å². The van der Waals surface area contributed by atoms with E-state index >= 15 is 0 Å². The van der Waals surface area contributed by atoms with Gasteiger partial charge in [-0.15, -0.1) is 0 Å². The number of carbonyl (C=O) groups is 1. The first-order valence-corrected chi connectivity index (χ1v) is 7.60. The lowest BCUT2D eigenvalue weighted by molar-refractivity contribution is -0.133. The summed E-state index contributed by atoms with van der Waals surface area (Å²) >= 11 is 5.94. The molecule has 0 radical (unpaired) electrons. The van der Waals surface area contributed by atoms with Gasteiger partial charge in [0.1, 0.15) is 0 Å². The van der Waals surface area contributed by atoms with Gasteiger partial charge in [0.15, 0.2) is 0 Å². The molecule has 1 aliphatic rings. The van der Waals surface area contributed by atoms with Crippen molar-refractivity contribution in [1.82, 2.24) is 4.90 Å². The molecular formula is C16H22ClNO2. The number of piperidine rings is 1. The average molecular weight is 296 g/mol. The van der Waals surface area contributed by atoms with Gasteiger partial charge in [0.25, 0.3) is 0 Å². The highest BCUT2D eigenvalue weighted by atomic mass is 35.5. The second-order valence-corrected chi connectivity index (χ2v) is 6.01. The number of halogens is 1. The third kappa shape index (κ3) is 4.50. The molecule has 0 aromatic heterocycles. The predicted octanol–water partition coefficient (Wildman–Crippen LogP) is 3.30. The third-order valence-electron chi connectivity index (χ3n) is 3.50. The van der Waals surface area contributed by atoms with E-state index in [1.165, 1.54) is 0 Å². The maximum absolute atomic E-state index is 12.2. The van der Waals surface area contributed by atoms with E-state index in [1.54, 1.807) is 0 Å². The Morgan fingerprint density at radius 3 is 2.70 bits per heavy atom. The highest BCUT2D eigenvalue weighted by Gasteiger charge is 2.23. The fourth-order valence-electron chi connectivity index (χ4n) is 2.56. The first kappa shape index (κ1) is 15.3. The van der Waals surface area contributed by atoms with Crippen molar-refractivity contribution in [3.05, 3.63) is 34.9 Å². The minimum Gasteiger partial charge on any atom is -0.375 e. The van der Waals surface area contributed by atoms with E-state index in [-0.39, 0.29) is 12.0 Å². The molecule has 1 aromatic rings. The van der Waals surface area contributed by atoms with Crippen LogP contribution in [0, 0.1) is 0 Å². The molecule has 3 nitrogen and oxygen atoms in total. The molecule has 1 saturated heterocycles. The van der Waals surface area contributed by atoms with Crippen LogP contribution in [0.15, 0.2) is 24.3 Å². The molecule has 1 amide bonds. The Hall–Kier alpha value is -1.06. The molecule has 1 aromatic carbocycles. The van der Waals surface area contributed by atoms with E-state index in [1.807, 2.05) is 29.2 Å². The number of benzene rings is 1. The lowest BCUT2D eigenvalue weighted by Gasteiger charge is -2.33. The number of rotatable bonds is 4. The van der Waals surface area contributed by atoms with Gasteiger partial charge in [-0.2, -0.15) is 0 Å². The van der Waals surface area contributed by atoms with Gasteiger partial charge in [-0.1, -0.05) is 23.7 Å². The van der Waals surface area contributed by atoms with Crippen LogP contribution in [0.3, 0.4) is 0 Å². The Bertz CT molecular complexity index is 454. The van der Waals surface area contributed by atoms with Crippen molar-refractivity contribution in [2.45, 2.75) is 45.3 Å². The predicted molar refractivity (Wildman–Crippen MR) is 81.0 cm³/mol. The summed E-state index contributed by atoms with van der Waals surface area (Å²) < 4.78 is 5.80. The Labute approximate surface area is 125 Å². The van der Waals surface area contributed by atoms with Gasteiger partial charge in [0.05, 0.1) is 18.6 Å². The monoisotopic (exact) mass is 295 g/mol. The van der Waals surface area contributed by atoms with Crippen molar-refractivity contribution in [2.24, 2.45) is 0 Å². The van der Waals surface area contributed by atoms with Crippen LogP contribution >= 0.6 is 11.6 Å². The summed E-state index contributed by atoms with van der Waals surface area (Å²) in [5, 5.41) is 0.680. The molecule has 20 heavy (non-hydrogen) atoms. The normalized spacial score (nSPS) is 16.7. The Morgan fingerprint density at radius 2 is 2.10 bits per heavy atom. The molecule has 0 saturated carbocycles. The van der Waals surface area contributed by atoms with Crippen LogP contribution in [0.1, 0.15) is 32.3 Å². The van der Waals surface area contributed by atoms with E-state index in [9.17, 15) is 4.79 Å². The molecule has 0 spiro atoms. The lowest BCUT2D eigenvalue weighted by atomic mass is 10.1. The summed E-state index contributed by atoms with van der Waals surface area (Å²) in [5.74, 6) is 0.176. The van der Waals surface area contributed by atoms with Gasteiger partial charge in [0, 0.05) is 18.1 Å². The number of nitrogens with zero attached hydrogens (tertiary/aromatic N) is 1. The number of hydrogen-bond acceptors (Lipinski definition) is 2. The van der Waals surface area contributed by atoms with Crippen LogP contribution in [0.25, 0.3) is 0 Å². The van der Waals surface area contributed by atoms with Gasteiger partial charge in [-0.3, -0.25) is 4.79 Å². The zero-order chi connectivity index (χ0) is 14.5. The highest BCUT2D eigenvalue weighted by Crippen LogP contribution is 2.17. The van der Waals surface area contributed by atoms with Crippen LogP contribution in [0.2, 0.25) is 5.02 Å². The maximum Gasteiger partial charge on any atom is 0.226 e. The summed E-state index contributed by atoms with van der Waals surface area (Å²) in [6, 6.07) is 7.50. The molecule has 0 N–H and O–H groups in total. The molecule has 0 unspecified atom stereocenters. The SMILES string of the molecule is CC(C)OC1CCN(C(=O)Cc2cccc(Cl)c2)CC1. The summed E-state index contributed by atoms with van der Waals surface area (Å²) in [6.45, 7) is 5.68. The van der Waals surface area contributed by atoms with Crippen molar-refractivity contribution in [1.29, 1.82) is 0 Å². The van der Waals surface area contributed by atoms with Crippen LogP contribution in [-0.4, -0.2) is 36.1 Å². The van der Waals surface area contributed by atoms with Gasteiger partial charge >= 0.3 is 0 Å². The van der Waals surface area contributed by atoms with Gasteiger partial charge < -0.3 is 9.64 Å². The van der Waals surface area contributed by atoms with Gasteiger partial charge in [-0.05, 0) is 44.4 Å². The van der Waals surface area contributed by atoms with E-state index < -0.39 is 0 Å². The standard InChI is InChI=1S/C16H22ClNO2/c1-12(2)20-15-6-8-18(9-7-15)16(19)11-13-4-3-5-14(17)10-13/h3-5,10,12,15H,6-9,11H2,1-2H3. The number of ether oxygens (including phenoxy) is 1. The molecule has 110 valence electrons. The fraction of sp³-hybridized carbons (Fsp3) is 0.562. The number of likely N-dealkylation sites (tertiary alicyclic amines) is 1. The smallest absolute Gasteiger partial charge is 0.226 e. The van der Waals surface area contributed by atoms with Crippen molar-refractivity contribution in [2.75, 3.05) is 13.1 Å². The Balaban J connectivity index is 1.83. The van der Waals surface area contributed by atoms with Crippen molar-refractivity contribution in [3.8, 4) is 0 Å². The summed E-state index contributed by atoms with van der Waals surface area (Å²) in [7, 11) is 0. The summed E-state index contributed by atoms with van der Waals surface area (Å²) in [4.78, 5) is 14.2. The first-order chi connectivity index (χ1) is 9.54. The first-order valence-electron chi connectivity index (χ1n) is 7.22. The topological polar surface area (TPSA) is 29.5 Å². The molecule has 1 fully saturated rings. The molecule has 1 heterocycles. The summed E-state index contributed by atoms with van der Waals surface area (Å²) in [6.07, 6.45) is 2.84. The molecular weight excluding hydrogens is 274 g/mol. The van der Waals surface area contributed by atoms with Crippen molar-refractivity contribution < 1.29 is 9.53 Å². The quantitative estimate of drug-likeness (QED) is 0.853. The minimum atomic E-state index is 0.176. The minimum absolute atomic E-state index is 0.176. The number of hydrogen-bond donors (Lipinski definition) is 0. The van der Waals surface area contributed by atoms with Gasteiger partial charge in [0.2, 0.25) is 5.91 Å². The van der Waals surface area contributed by atoms with Crippen LogP contribution in [0.4, 0.5) is 0 Å². The van der Waals surface area contributed by atoms with Crippen LogP contribution in [0.5, 0.6) is 0 Å². The van der Waals surface area contributed by atoms with Crippen LogP contribution in [-0.2, 0) is 16.0 Å². The van der Waals surface area contributed by atoms with E-state index in [2.05, 4.69) is 13.8 Å². The van der Waals surface area contributed by atoms with E-state index in [0.29, 0.717) is 17.5 Å². The number of carbonyl (C=O) groups excluding carboxylic acids is 1. The molecule has 1 aliphatic heterocycles. The van der Waals surface area contributed by atoms with Crippen molar-refractivity contribution in [3.63, 3.8) is 0 Å². The zero-order valence-electron chi connectivity index (χ0n) is 12.1. The number of amides is 1. The average Bonchev–Trinajstić information content (AvgIpc) is 2.38. The van der Waals surface area contributed by atoms with E-state index in [0.717, 1.165) is 31.5 Å². The fourth-order valence-corrected chi connectivity index (χ4v) is 2.77. The largest absolute Gasteiger partial charge is 0.375 e. The second kappa shape index (κ2) is 7.09. The molecule has 4 heteroatoms. The Morgan fingerprint density at radius 1 is 1.40 bits per heavy atom. The third-order valence-corrected chi connectivity index (χ3v) is 3.74. The summed E-state index contributed by atoms with van der Waals surface area (Å²) in [5.41, 5.74) is 0.975. The van der Waals surface area contributed by atoms with Gasteiger partial charge in [-0.25, -0.2) is 0 Å². The van der Waals surface area contributed by atoms with E-state index in [4.69, 9.17) is 16.3 Å². The van der Waals surface area contributed by atoms with Crippen molar-refractivity contribution >= 4 is 17.5 Å². The Kier molecular flexibility index (Phi) is 5.44. The highest BCUT2D eigenvalue weighted by molar-refractivity contribution is 6.30. The maximum atomic E-state index is 12.2. The molecule has 0 atom stereocenters. The second-order valence-electron chi connectivity index (χ2n) is 5.57.